The third-order valence-electron chi connectivity index (χ3n) is 8.19. The summed E-state index contributed by atoms with van der Waals surface area (Å²) in [5, 5.41) is 0. The lowest BCUT2D eigenvalue weighted by Gasteiger charge is -2.42. The van der Waals surface area contributed by atoms with Crippen LogP contribution >= 0.6 is 0 Å². The average molecular weight is 337 g/mol. The third-order valence-corrected chi connectivity index (χ3v) is 8.19. The highest BCUT2D eigenvalue weighted by atomic mass is 19.1. The molecule has 0 spiro atoms. The van der Waals surface area contributed by atoms with Gasteiger partial charge in [0.15, 0.2) is 0 Å². The first-order valence-electron chi connectivity index (χ1n) is 11.3. The smallest absolute Gasteiger partial charge is 0.103 e. The van der Waals surface area contributed by atoms with Crippen molar-refractivity contribution < 1.29 is 4.39 Å². The lowest BCUT2D eigenvalue weighted by Crippen LogP contribution is -2.35. The Morgan fingerprint density at radius 2 is 1.21 bits per heavy atom. The van der Waals surface area contributed by atoms with Crippen molar-refractivity contribution >= 4 is 0 Å². The Morgan fingerprint density at radius 1 is 0.667 bits per heavy atom. The van der Waals surface area contributed by atoms with Crippen molar-refractivity contribution in [2.45, 2.75) is 110 Å². The molecule has 3 atom stereocenters. The van der Waals surface area contributed by atoms with E-state index in [9.17, 15) is 4.39 Å². The number of rotatable bonds is 5. The molecule has 24 heavy (non-hydrogen) atoms. The summed E-state index contributed by atoms with van der Waals surface area (Å²) in [6, 6.07) is 0. The zero-order valence-corrected chi connectivity index (χ0v) is 16.3. The van der Waals surface area contributed by atoms with Crippen LogP contribution in [-0.2, 0) is 0 Å². The summed E-state index contributed by atoms with van der Waals surface area (Å²) >= 11 is 0. The van der Waals surface area contributed by atoms with E-state index in [0.29, 0.717) is 17.8 Å². The van der Waals surface area contributed by atoms with Crippen molar-refractivity contribution in [1.82, 2.24) is 0 Å². The lowest BCUT2D eigenvalue weighted by molar-refractivity contribution is 0.0464. The van der Waals surface area contributed by atoms with E-state index in [0.717, 1.165) is 24.2 Å². The minimum atomic E-state index is -0.491. The fourth-order valence-corrected chi connectivity index (χ4v) is 6.52. The monoisotopic (exact) mass is 336 g/mol. The van der Waals surface area contributed by atoms with Gasteiger partial charge in [-0.15, -0.1) is 0 Å². The second kappa shape index (κ2) is 9.04. The first-order valence-corrected chi connectivity index (χ1v) is 11.3. The van der Waals surface area contributed by atoms with Crippen LogP contribution in [-0.4, -0.2) is 6.17 Å². The molecule has 3 fully saturated rings. The molecule has 0 aromatic carbocycles. The van der Waals surface area contributed by atoms with E-state index in [4.69, 9.17) is 0 Å². The predicted molar refractivity (Wildman–Crippen MR) is 102 cm³/mol. The molecule has 140 valence electrons. The van der Waals surface area contributed by atoms with Crippen molar-refractivity contribution in [3.05, 3.63) is 0 Å². The van der Waals surface area contributed by atoms with Crippen LogP contribution in [0, 0.1) is 35.5 Å². The summed E-state index contributed by atoms with van der Waals surface area (Å²) in [4.78, 5) is 0. The molecule has 3 aliphatic rings. The molecule has 3 unspecified atom stereocenters. The maximum absolute atomic E-state index is 14.6. The number of alkyl halides is 1. The second-order valence-electron chi connectivity index (χ2n) is 9.51. The molecule has 3 rings (SSSR count). The van der Waals surface area contributed by atoms with Gasteiger partial charge in [-0.25, -0.2) is 4.39 Å². The Balaban J connectivity index is 1.41. The third kappa shape index (κ3) is 4.55. The van der Waals surface area contributed by atoms with Gasteiger partial charge in [-0.3, -0.25) is 0 Å². The number of hydrogen-bond donors (Lipinski definition) is 0. The Labute approximate surface area is 150 Å². The zero-order chi connectivity index (χ0) is 16.9. The first kappa shape index (κ1) is 18.7. The van der Waals surface area contributed by atoms with Gasteiger partial charge in [-0.1, -0.05) is 46.0 Å². The second-order valence-corrected chi connectivity index (χ2v) is 9.51. The van der Waals surface area contributed by atoms with Gasteiger partial charge in [-0.05, 0) is 93.3 Å². The Kier molecular flexibility index (Phi) is 7.05. The van der Waals surface area contributed by atoms with E-state index in [1.54, 1.807) is 0 Å². The summed E-state index contributed by atoms with van der Waals surface area (Å²) in [6.45, 7) is 4.57. The van der Waals surface area contributed by atoms with Crippen molar-refractivity contribution in [1.29, 1.82) is 0 Å². The van der Waals surface area contributed by atoms with Crippen LogP contribution in [0.25, 0.3) is 0 Å². The summed E-state index contributed by atoms with van der Waals surface area (Å²) in [5.74, 6) is 4.82. The Hall–Kier alpha value is -0.0700. The molecule has 0 aromatic heterocycles. The van der Waals surface area contributed by atoms with Gasteiger partial charge >= 0.3 is 0 Å². The minimum absolute atomic E-state index is 0.411. The van der Waals surface area contributed by atoms with Crippen LogP contribution in [0.15, 0.2) is 0 Å². The fraction of sp³-hybridized carbons (Fsp3) is 1.00. The van der Waals surface area contributed by atoms with Crippen LogP contribution < -0.4 is 0 Å². The molecule has 0 N–H and O–H groups in total. The van der Waals surface area contributed by atoms with Gasteiger partial charge in [0.1, 0.15) is 6.17 Å². The predicted octanol–water partition coefficient (Wildman–Crippen LogP) is 7.56. The first-order chi connectivity index (χ1) is 11.7. The van der Waals surface area contributed by atoms with E-state index in [2.05, 4.69) is 13.8 Å². The molecule has 0 radical (unpaired) electrons. The van der Waals surface area contributed by atoms with E-state index in [1.807, 2.05) is 0 Å². The van der Waals surface area contributed by atoms with E-state index in [-0.39, 0.29) is 0 Å². The van der Waals surface area contributed by atoms with Gasteiger partial charge < -0.3 is 0 Å². The Morgan fingerprint density at radius 3 is 1.75 bits per heavy atom. The van der Waals surface area contributed by atoms with Gasteiger partial charge in [0.25, 0.3) is 0 Å². The van der Waals surface area contributed by atoms with Crippen LogP contribution in [0.3, 0.4) is 0 Å². The Bertz CT molecular complexity index is 349. The molecule has 0 saturated heterocycles. The van der Waals surface area contributed by atoms with E-state index >= 15 is 0 Å². The van der Waals surface area contributed by atoms with Crippen LogP contribution in [0.2, 0.25) is 0 Å². The largest absolute Gasteiger partial charge is 0.247 e. The van der Waals surface area contributed by atoms with E-state index in [1.165, 1.54) is 83.5 Å². The summed E-state index contributed by atoms with van der Waals surface area (Å²) in [5.41, 5.74) is 0. The number of hydrogen-bond acceptors (Lipinski definition) is 0. The van der Waals surface area contributed by atoms with Crippen LogP contribution in [0.1, 0.15) is 104 Å². The van der Waals surface area contributed by atoms with Crippen molar-refractivity contribution in [3.63, 3.8) is 0 Å². The maximum atomic E-state index is 14.6. The van der Waals surface area contributed by atoms with Crippen molar-refractivity contribution in [2.24, 2.45) is 35.5 Å². The van der Waals surface area contributed by atoms with E-state index < -0.39 is 6.17 Å². The van der Waals surface area contributed by atoms with Crippen molar-refractivity contribution in [2.75, 3.05) is 0 Å². The highest BCUT2D eigenvalue weighted by Crippen LogP contribution is 2.47. The van der Waals surface area contributed by atoms with Crippen LogP contribution in [0.5, 0.6) is 0 Å². The highest BCUT2D eigenvalue weighted by Gasteiger charge is 2.38. The standard InChI is InChI=1S/C23H41F/c1-3-5-18-6-9-19(10-7-18)20-11-13-21(14-12-20)22-15-8-17(4-2)16-23(22)24/h17-23H,3-16H2,1-2H3. The molecular formula is C23H41F. The van der Waals surface area contributed by atoms with Gasteiger partial charge in [0.05, 0.1) is 0 Å². The summed E-state index contributed by atoms with van der Waals surface area (Å²) < 4.78 is 14.6. The molecule has 3 aliphatic carbocycles. The normalized spacial score (nSPS) is 44.4. The molecule has 0 amide bonds. The van der Waals surface area contributed by atoms with Gasteiger partial charge in [0, 0.05) is 0 Å². The quantitative estimate of drug-likeness (QED) is 0.486. The minimum Gasteiger partial charge on any atom is -0.247 e. The molecule has 0 aliphatic heterocycles. The molecular weight excluding hydrogens is 295 g/mol. The highest BCUT2D eigenvalue weighted by molar-refractivity contribution is 4.88. The average Bonchev–Trinajstić information content (AvgIpc) is 2.63. The summed E-state index contributed by atoms with van der Waals surface area (Å²) in [6.07, 6.45) is 18.3. The molecule has 1 heteroatoms. The zero-order valence-electron chi connectivity index (χ0n) is 16.3. The SMILES string of the molecule is CCCC1CCC(C2CCC(C3CCC(CC)CC3F)CC2)CC1. The van der Waals surface area contributed by atoms with Gasteiger partial charge in [-0.2, -0.15) is 0 Å². The summed E-state index contributed by atoms with van der Waals surface area (Å²) in [7, 11) is 0. The molecule has 3 saturated carbocycles. The lowest BCUT2D eigenvalue weighted by atomic mass is 9.64. The number of halogens is 1. The molecule has 0 aromatic rings. The molecule has 0 nitrogen and oxygen atoms in total. The molecule has 0 bridgehead atoms. The van der Waals surface area contributed by atoms with Crippen molar-refractivity contribution in [3.8, 4) is 0 Å². The molecule has 0 heterocycles. The van der Waals surface area contributed by atoms with Gasteiger partial charge in [0.2, 0.25) is 0 Å². The topological polar surface area (TPSA) is 0 Å². The maximum Gasteiger partial charge on any atom is 0.103 e. The fourth-order valence-electron chi connectivity index (χ4n) is 6.52. The van der Waals surface area contributed by atoms with Crippen LogP contribution in [0.4, 0.5) is 4.39 Å².